The van der Waals surface area contributed by atoms with Gasteiger partial charge in [-0.05, 0) is 38.2 Å². The molecule has 0 saturated heterocycles. The molecule has 0 spiro atoms. The maximum Gasteiger partial charge on any atom is 0.243 e. The summed E-state index contributed by atoms with van der Waals surface area (Å²) in [7, 11) is 0. The van der Waals surface area contributed by atoms with Gasteiger partial charge in [-0.25, -0.2) is 4.52 Å². The number of thioether (sulfide) groups is 1. The highest BCUT2D eigenvalue weighted by Gasteiger charge is 2.27. The van der Waals surface area contributed by atoms with Gasteiger partial charge in [-0.1, -0.05) is 12.5 Å². The van der Waals surface area contributed by atoms with E-state index in [1.807, 2.05) is 41.4 Å². The van der Waals surface area contributed by atoms with Crippen molar-refractivity contribution in [1.29, 1.82) is 0 Å². The Labute approximate surface area is 111 Å². The van der Waals surface area contributed by atoms with Crippen molar-refractivity contribution in [3.05, 3.63) is 23.9 Å². The summed E-state index contributed by atoms with van der Waals surface area (Å²) in [6.07, 6.45) is 6.01. The van der Waals surface area contributed by atoms with Gasteiger partial charge in [-0.2, -0.15) is 16.7 Å². The van der Waals surface area contributed by atoms with Crippen molar-refractivity contribution in [2.75, 3.05) is 11.6 Å². The molecule has 0 radical (unpaired) electrons. The summed E-state index contributed by atoms with van der Waals surface area (Å²) in [6, 6.07) is 6.57. The first-order valence-corrected chi connectivity index (χ1v) is 7.68. The molecule has 0 aromatic carbocycles. The SMILES string of the molecule is CSC1CCCC1Nc1nc2cccc(C)n2n1. The number of nitrogens with zero attached hydrogens (tertiary/aromatic N) is 3. The van der Waals surface area contributed by atoms with Crippen molar-refractivity contribution in [3.8, 4) is 0 Å². The molecule has 1 aliphatic carbocycles. The van der Waals surface area contributed by atoms with Crippen LogP contribution in [0.25, 0.3) is 5.65 Å². The summed E-state index contributed by atoms with van der Waals surface area (Å²) >= 11 is 1.94. The fourth-order valence-corrected chi connectivity index (χ4v) is 3.57. The fraction of sp³-hybridized carbons (Fsp3) is 0.538. The van der Waals surface area contributed by atoms with Crippen molar-refractivity contribution < 1.29 is 0 Å². The van der Waals surface area contributed by atoms with Crippen LogP contribution in [0.4, 0.5) is 5.95 Å². The number of fused-ring (bicyclic) bond motifs is 1. The van der Waals surface area contributed by atoms with E-state index in [-0.39, 0.29) is 0 Å². The third kappa shape index (κ3) is 2.07. The molecule has 96 valence electrons. The van der Waals surface area contributed by atoms with Crippen LogP contribution >= 0.6 is 11.8 Å². The second kappa shape index (κ2) is 4.80. The van der Waals surface area contributed by atoms with Gasteiger partial charge in [-0.3, -0.25) is 0 Å². The normalized spacial score (nSPS) is 23.7. The lowest BCUT2D eigenvalue weighted by molar-refractivity contribution is 0.754. The van der Waals surface area contributed by atoms with Crippen LogP contribution in [0.2, 0.25) is 0 Å². The van der Waals surface area contributed by atoms with Crippen molar-refractivity contribution in [2.45, 2.75) is 37.5 Å². The zero-order valence-corrected chi connectivity index (χ0v) is 11.6. The third-order valence-electron chi connectivity index (χ3n) is 3.62. The van der Waals surface area contributed by atoms with Gasteiger partial charge in [0.05, 0.1) is 0 Å². The Kier molecular flexibility index (Phi) is 3.16. The summed E-state index contributed by atoms with van der Waals surface area (Å²) in [5.74, 6) is 0.759. The standard InChI is InChI=1S/C13H18N4S/c1-9-5-3-8-12-15-13(16-17(9)12)14-10-6-4-7-11(10)18-2/h3,5,8,10-11H,4,6-7H2,1-2H3,(H,14,16). The lowest BCUT2D eigenvalue weighted by atomic mass is 10.2. The first kappa shape index (κ1) is 11.8. The largest absolute Gasteiger partial charge is 0.349 e. The Morgan fingerprint density at radius 1 is 1.39 bits per heavy atom. The number of hydrogen-bond acceptors (Lipinski definition) is 4. The molecule has 0 bridgehead atoms. The molecular formula is C13H18N4S. The summed E-state index contributed by atoms with van der Waals surface area (Å²) in [5, 5.41) is 8.72. The number of hydrogen-bond donors (Lipinski definition) is 1. The van der Waals surface area contributed by atoms with E-state index in [2.05, 4.69) is 21.7 Å². The fourth-order valence-electron chi connectivity index (χ4n) is 2.64. The minimum absolute atomic E-state index is 0.512. The van der Waals surface area contributed by atoms with Gasteiger partial charge < -0.3 is 5.32 Å². The summed E-state index contributed by atoms with van der Waals surface area (Å²) in [5.41, 5.74) is 2.03. The molecule has 3 rings (SSSR count). The quantitative estimate of drug-likeness (QED) is 0.923. The number of anilines is 1. The predicted molar refractivity (Wildman–Crippen MR) is 76.3 cm³/mol. The molecule has 1 saturated carbocycles. The topological polar surface area (TPSA) is 42.2 Å². The highest BCUT2D eigenvalue weighted by molar-refractivity contribution is 7.99. The highest BCUT2D eigenvalue weighted by Crippen LogP contribution is 2.30. The van der Waals surface area contributed by atoms with Crippen molar-refractivity contribution in [1.82, 2.24) is 14.6 Å². The molecule has 2 atom stereocenters. The van der Waals surface area contributed by atoms with Crippen LogP contribution in [0.5, 0.6) is 0 Å². The number of aryl methyl sites for hydroxylation is 1. The van der Waals surface area contributed by atoms with Gasteiger partial charge in [0, 0.05) is 17.0 Å². The monoisotopic (exact) mass is 262 g/mol. The molecule has 0 amide bonds. The molecule has 2 aromatic rings. The molecule has 1 fully saturated rings. The number of pyridine rings is 1. The van der Waals surface area contributed by atoms with Gasteiger partial charge in [0.1, 0.15) is 0 Å². The highest BCUT2D eigenvalue weighted by atomic mass is 32.2. The first-order valence-electron chi connectivity index (χ1n) is 6.39. The molecule has 4 nitrogen and oxygen atoms in total. The molecule has 1 aliphatic rings. The van der Waals surface area contributed by atoms with E-state index in [4.69, 9.17) is 0 Å². The minimum Gasteiger partial charge on any atom is -0.349 e. The second-order valence-electron chi connectivity index (χ2n) is 4.83. The van der Waals surface area contributed by atoms with Crippen molar-refractivity contribution in [2.24, 2.45) is 0 Å². The van der Waals surface area contributed by atoms with Crippen molar-refractivity contribution >= 4 is 23.4 Å². The van der Waals surface area contributed by atoms with Gasteiger partial charge in [0.2, 0.25) is 5.95 Å². The molecule has 2 heterocycles. The maximum absolute atomic E-state index is 4.54. The lowest BCUT2D eigenvalue weighted by Crippen LogP contribution is -2.26. The number of aromatic nitrogens is 3. The first-order chi connectivity index (χ1) is 8.78. The summed E-state index contributed by atoms with van der Waals surface area (Å²) in [4.78, 5) is 4.54. The summed E-state index contributed by atoms with van der Waals surface area (Å²) in [6.45, 7) is 2.05. The minimum atomic E-state index is 0.512. The van der Waals surface area contributed by atoms with E-state index < -0.39 is 0 Å². The molecule has 5 heteroatoms. The van der Waals surface area contributed by atoms with Gasteiger partial charge in [-0.15, -0.1) is 5.10 Å². The molecule has 18 heavy (non-hydrogen) atoms. The third-order valence-corrected chi connectivity index (χ3v) is 4.79. The van der Waals surface area contributed by atoms with E-state index in [1.54, 1.807) is 0 Å². The van der Waals surface area contributed by atoms with Crippen LogP contribution in [-0.4, -0.2) is 32.1 Å². The molecule has 2 unspecified atom stereocenters. The average molecular weight is 262 g/mol. The molecule has 0 aliphatic heterocycles. The Balaban J connectivity index is 1.84. The second-order valence-corrected chi connectivity index (χ2v) is 5.91. The predicted octanol–water partition coefficient (Wildman–Crippen LogP) is 2.73. The average Bonchev–Trinajstić information content (AvgIpc) is 2.96. The van der Waals surface area contributed by atoms with E-state index in [0.29, 0.717) is 11.3 Å². The van der Waals surface area contributed by atoms with Gasteiger partial charge in [0.15, 0.2) is 5.65 Å². The molecular weight excluding hydrogens is 244 g/mol. The van der Waals surface area contributed by atoms with Crippen LogP contribution in [0.1, 0.15) is 25.0 Å². The van der Waals surface area contributed by atoms with E-state index >= 15 is 0 Å². The lowest BCUT2D eigenvalue weighted by Gasteiger charge is -2.17. The van der Waals surface area contributed by atoms with E-state index in [9.17, 15) is 0 Å². The van der Waals surface area contributed by atoms with E-state index in [1.165, 1.54) is 19.3 Å². The van der Waals surface area contributed by atoms with E-state index in [0.717, 1.165) is 17.3 Å². The van der Waals surface area contributed by atoms with Crippen LogP contribution in [0, 0.1) is 6.92 Å². The van der Waals surface area contributed by atoms with Crippen molar-refractivity contribution in [3.63, 3.8) is 0 Å². The Morgan fingerprint density at radius 3 is 3.06 bits per heavy atom. The zero-order valence-electron chi connectivity index (χ0n) is 10.8. The molecule has 2 aromatic heterocycles. The van der Waals surface area contributed by atoms with Crippen LogP contribution in [0.15, 0.2) is 18.2 Å². The molecule has 1 N–H and O–H groups in total. The summed E-state index contributed by atoms with van der Waals surface area (Å²) < 4.78 is 1.89. The maximum atomic E-state index is 4.54. The Bertz CT molecular complexity index is 551. The van der Waals surface area contributed by atoms with Crippen LogP contribution < -0.4 is 5.32 Å². The van der Waals surface area contributed by atoms with Crippen LogP contribution in [0.3, 0.4) is 0 Å². The van der Waals surface area contributed by atoms with Gasteiger partial charge >= 0.3 is 0 Å². The van der Waals surface area contributed by atoms with Gasteiger partial charge in [0.25, 0.3) is 0 Å². The Morgan fingerprint density at radius 2 is 2.28 bits per heavy atom. The Hall–Kier alpha value is -1.23. The van der Waals surface area contributed by atoms with Crippen LogP contribution in [-0.2, 0) is 0 Å². The number of rotatable bonds is 3. The smallest absolute Gasteiger partial charge is 0.243 e. The number of nitrogens with one attached hydrogen (secondary N) is 1. The zero-order chi connectivity index (χ0) is 12.5.